The molecule has 0 amide bonds. The fourth-order valence-corrected chi connectivity index (χ4v) is 6.43. The van der Waals surface area contributed by atoms with E-state index in [1.54, 1.807) is 5.38 Å². The molecule has 34 heavy (non-hydrogen) atoms. The lowest BCUT2D eigenvalue weighted by Crippen LogP contribution is -2.36. The summed E-state index contributed by atoms with van der Waals surface area (Å²) in [6, 6.07) is 10.7. The molecule has 0 saturated carbocycles. The smallest absolute Gasteiger partial charge is 0.266 e. The molecule has 2 heterocycles. The Morgan fingerprint density at radius 2 is 2.09 bits per heavy atom. The van der Waals surface area contributed by atoms with E-state index in [-0.39, 0.29) is 16.1 Å². The number of halogens is 2. The molecule has 5 N–H and O–H groups in total. The first kappa shape index (κ1) is 24.9. The minimum absolute atomic E-state index is 0.126. The summed E-state index contributed by atoms with van der Waals surface area (Å²) >= 11 is 7.47. The van der Waals surface area contributed by atoms with Crippen molar-refractivity contribution in [2.45, 2.75) is 36.7 Å². The monoisotopic (exact) mass is 523 g/mol. The van der Waals surface area contributed by atoms with Crippen molar-refractivity contribution in [3.8, 4) is 0 Å². The second-order valence-electron chi connectivity index (χ2n) is 8.23. The van der Waals surface area contributed by atoms with Gasteiger partial charge in [-0.2, -0.15) is 0 Å². The lowest BCUT2D eigenvalue weighted by atomic mass is 9.89. The standard InChI is InChI=1S/C23H27ClFN5O2S2/c24-18-11-22(34(31,32)30-23-28-8-9-33-23)19(25)12-21(18)29-14-17(20-6-3-7-27-20)10-15-4-1-2-5-16(15)13-26/h1-2,4-5,8-9,11-12,17,20,27,29H,3,6-7,10,13-14,26H2,(H,28,30)/t17-,20+/m0/s1. The summed E-state index contributed by atoms with van der Waals surface area (Å²) in [5, 5.41) is 8.70. The van der Waals surface area contributed by atoms with E-state index in [1.807, 2.05) is 18.2 Å². The second-order valence-corrected chi connectivity index (χ2v) is 11.2. The number of nitrogens with two attached hydrogens (primary N) is 1. The summed E-state index contributed by atoms with van der Waals surface area (Å²) in [4.78, 5) is 3.35. The maximum atomic E-state index is 14.9. The normalized spacial score (nSPS) is 17.0. The molecule has 1 aromatic heterocycles. The summed E-state index contributed by atoms with van der Waals surface area (Å²) in [5.74, 6) is -0.677. The number of hydrogen-bond donors (Lipinski definition) is 4. The third kappa shape index (κ3) is 5.87. The molecule has 1 aliphatic heterocycles. The van der Waals surface area contributed by atoms with Crippen LogP contribution in [-0.4, -0.2) is 32.5 Å². The Labute approximate surface area is 208 Å². The van der Waals surface area contributed by atoms with Gasteiger partial charge in [0.2, 0.25) is 0 Å². The first-order valence-corrected chi connectivity index (χ1v) is 13.8. The number of nitrogens with one attached hydrogen (secondary N) is 3. The van der Waals surface area contributed by atoms with Crippen molar-refractivity contribution in [1.29, 1.82) is 0 Å². The van der Waals surface area contributed by atoms with Gasteiger partial charge in [-0.1, -0.05) is 35.9 Å². The average Bonchev–Trinajstić information content (AvgIpc) is 3.53. The minimum atomic E-state index is -4.16. The van der Waals surface area contributed by atoms with Gasteiger partial charge in [0.1, 0.15) is 10.7 Å². The zero-order chi connectivity index (χ0) is 24.1. The van der Waals surface area contributed by atoms with E-state index in [2.05, 4.69) is 26.4 Å². The first-order chi connectivity index (χ1) is 16.4. The zero-order valence-electron chi connectivity index (χ0n) is 18.4. The highest BCUT2D eigenvalue weighted by molar-refractivity contribution is 7.93. The molecule has 0 unspecified atom stereocenters. The SMILES string of the molecule is NCc1ccccc1C[C@@H](CNc1cc(F)c(S(=O)(=O)Nc2nccs2)cc1Cl)[C@H]1CCCN1. The van der Waals surface area contributed by atoms with Crippen LogP contribution in [0.2, 0.25) is 5.02 Å². The fraction of sp³-hybridized carbons (Fsp3) is 0.348. The van der Waals surface area contributed by atoms with Crippen molar-refractivity contribution < 1.29 is 12.8 Å². The van der Waals surface area contributed by atoms with Crippen LogP contribution >= 0.6 is 22.9 Å². The Morgan fingerprint density at radius 3 is 2.76 bits per heavy atom. The number of nitrogens with zero attached hydrogens (tertiary/aromatic N) is 1. The molecular weight excluding hydrogens is 497 g/mol. The molecule has 2 aromatic carbocycles. The number of benzene rings is 2. The minimum Gasteiger partial charge on any atom is -0.383 e. The van der Waals surface area contributed by atoms with Crippen molar-refractivity contribution in [3.63, 3.8) is 0 Å². The van der Waals surface area contributed by atoms with E-state index in [0.29, 0.717) is 24.8 Å². The van der Waals surface area contributed by atoms with Crippen LogP contribution in [0.5, 0.6) is 0 Å². The van der Waals surface area contributed by atoms with Gasteiger partial charge in [0.25, 0.3) is 10.0 Å². The van der Waals surface area contributed by atoms with Crippen LogP contribution in [0.1, 0.15) is 24.0 Å². The molecule has 0 bridgehead atoms. The van der Waals surface area contributed by atoms with Gasteiger partial charge in [0.05, 0.1) is 10.7 Å². The molecule has 1 fully saturated rings. The van der Waals surface area contributed by atoms with Gasteiger partial charge in [0.15, 0.2) is 5.13 Å². The molecule has 2 atom stereocenters. The second kappa shape index (κ2) is 11.0. The van der Waals surface area contributed by atoms with Gasteiger partial charge in [-0.25, -0.2) is 17.8 Å². The van der Waals surface area contributed by atoms with E-state index in [9.17, 15) is 12.8 Å². The lowest BCUT2D eigenvalue weighted by Gasteiger charge is -2.26. The number of aromatic nitrogens is 1. The fourth-order valence-electron chi connectivity index (χ4n) is 4.26. The van der Waals surface area contributed by atoms with E-state index >= 15 is 0 Å². The molecular formula is C23H27ClFN5O2S2. The third-order valence-corrected chi connectivity index (χ3v) is 8.49. The Hall–Kier alpha value is -2.24. The molecule has 1 aliphatic rings. The van der Waals surface area contributed by atoms with E-state index in [0.717, 1.165) is 54.8 Å². The highest BCUT2D eigenvalue weighted by atomic mass is 35.5. The van der Waals surface area contributed by atoms with Gasteiger partial charge in [0, 0.05) is 30.7 Å². The number of anilines is 2. The molecule has 11 heteroatoms. The topological polar surface area (TPSA) is 109 Å². The van der Waals surface area contributed by atoms with Gasteiger partial charge in [-0.15, -0.1) is 11.3 Å². The van der Waals surface area contributed by atoms with Crippen LogP contribution < -0.4 is 21.1 Å². The number of hydrogen-bond acceptors (Lipinski definition) is 7. The molecule has 0 spiro atoms. The van der Waals surface area contributed by atoms with Crippen LogP contribution in [-0.2, 0) is 23.0 Å². The van der Waals surface area contributed by atoms with Gasteiger partial charge >= 0.3 is 0 Å². The molecule has 3 aromatic rings. The molecule has 0 aliphatic carbocycles. The highest BCUT2D eigenvalue weighted by Crippen LogP contribution is 2.30. The largest absolute Gasteiger partial charge is 0.383 e. The Bertz CT molecular complexity index is 1220. The van der Waals surface area contributed by atoms with Crippen molar-refractivity contribution >= 4 is 43.8 Å². The first-order valence-electron chi connectivity index (χ1n) is 11.0. The van der Waals surface area contributed by atoms with Crippen molar-refractivity contribution in [3.05, 3.63) is 69.9 Å². The average molecular weight is 524 g/mol. The van der Waals surface area contributed by atoms with E-state index < -0.39 is 20.7 Å². The quantitative estimate of drug-likeness (QED) is 0.317. The summed E-state index contributed by atoms with van der Waals surface area (Å²) < 4.78 is 42.3. The molecule has 0 radical (unpaired) electrons. The third-order valence-electron chi connectivity index (χ3n) is 6.01. The summed E-state index contributed by atoms with van der Waals surface area (Å²) in [7, 11) is -4.16. The maximum Gasteiger partial charge on any atom is 0.266 e. The van der Waals surface area contributed by atoms with Gasteiger partial charge in [-0.05, 0) is 55.0 Å². The highest BCUT2D eigenvalue weighted by Gasteiger charge is 2.27. The number of thiazole rings is 1. The number of rotatable bonds is 10. The maximum absolute atomic E-state index is 14.9. The van der Waals surface area contributed by atoms with Crippen LogP contribution in [0, 0.1) is 11.7 Å². The summed E-state index contributed by atoms with van der Waals surface area (Å²) in [5.41, 5.74) is 8.57. The Balaban J connectivity index is 1.51. The zero-order valence-corrected chi connectivity index (χ0v) is 20.8. The molecule has 7 nitrogen and oxygen atoms in total. The van der Waals surface area contributed by atoms with Crippen molar-refractivity contribution in [1.82, 2.24) is 10.3 Å². The summed E-state index contributed by atoms with van der Waals surface area (Å²) in [6.45, 7) is 1.98. The van der Waals surface area contributed by atoms with Gasteiger partial charge < -0.3 is 16.4 Å². The van der Waals surface area contributed by atoms with Crippen LogP contribution in [0.25, 0.3) is 0 Å². The van der Waals surface area contributed by atoms with Gasteiger partial charge in [-0.3, -0.25) is 4.72 Å². The molecule has 1 saturated heterocycles. The Kier molecular flexibility index (Phi) is 8.05. The predicted molar refractivity (Wildman–Crippen MR) is 135 cm³/mol. The predicted octanol–water partition coefficient (Wildman–Crippen LogP) is 4.22. The van der Waals surface area contributed by atoms with E-state index in [1.165, 1.54) is 11.8 Å². The number of sulfonamides is 1. The van der Waals surface area contributed by atoms with Crippen molar-refractivity contribution in [2.75, 3.05) is 23.1 Å². The lowest BCUT2D eigenvalue weighted by molar-refractivity contribution is 0.402. The van der Waals surface area contributed by atoms with Crippen LogP contribution in [0.15, 0.2) is 52.9 Å². The van der Waals surface area contributed by atoms with Crippen molar-refractivity contribution in [2.24, 2.45) is 11.7 Å². The van der Waals surface area contributed by atoms with Crippen LogP contribution in [0.4, 0.5) is 15.2 Å². The molecule has 182 valence electrons. The molecule has 4 rings (SSSR count). The summed E-state index contributed by atoms with van der Waals surface area (Å²) in [6.07, 6.45) is 4.43. The van der Waals surface area contributed by atoms with Crippen LogP contribution in [0.3, 0.4) is 0 Å². The Morgan fingerprint density at radius 1 is 1.29 bits per heavy atom. The van der Waals surface area contributed by atoms with E-state index in [4.69, 9.17) is 17.3 Å².